The third-order valence-corrected chi connectivity index (χ3v) is 0.204. The molecular formula is C3H9N. The molecule has 0 aromatic carbocycles. The maximum atomic E-state index is 6.52. The van der Waals surface area contributed by atoms with Crippen molar-refractivity contribution < 1.29 is 1.37 Å². The Morgan fingerprint density at radius 3 is 3.00 bits per heavy atom. The van der Waals surface area contributed by atoms with E-state index in [-0.39, 0.29) is 0 Å². The minimum atomic E-state index is 0.469. The highest BCUT2D eigenvalue weighted by atomic mass is 14.5. The average Bonchev–Trinajstić information content (AvgIpc) is 1.41. The number of rotatable bonds is 1. The van der Waals surface area contributed by atoms with Gasteiger partial charge in [-0.1, -0.05) is 6.90 Å². The first-order valence-electron chi connectivity index (χ1n) is 2.12. The normalized spacial score (nSPS) is 10.8. The minimum Gasteiger partial charge on any atom is -0.330 e. The van der Waals surface area contributed by atoms with E-state index in [1.807, 2.05) is 0 Å². The van der Waals surface area contributed by atoms with E-state index in [0.29, 0.717) is 13.4 Å². The van der Waals surface area contributed by atoms with Crippen molar-refractivity contribution in [3.63, 3.8) is 0 Å². The van der Waals surface area contributed by atoms with Crippen LogP contribution in [0.2, 0.25) is 0 Å². The van der Waals surface area contributed by atoms with Gasteiger partial charge in [-0.3, -0.25) is 0 Å². The summed E-state index contributed by atoms with van der Waals surface area (Å²) in [7, 11) is 0. The molecule has 0 spiro atoms. The molecule has 0 aromatic rings. The molecule has 0 radical (unpaired) electrons. The number of hydrogen-bond acceptors (Lipinski definition) is 1. The fourth-order valence-corrected chi connectivity index (χ4v) is 0. The van der Waals surface area contributed by atoms with E-state index < -0.39 is 0 Å². The zero-order valence-electron chi connectivity index (χ0n) is 3.70. The summed E-state index contributed by atoms with van der Waals surface area (Å²) >= 11 is 0. The van der Waals surface area contributed by atoms with Crippen LogP contribution >= 0.6 is 0 Å². The van der Waals surface area contributed by atoms with Crippen LogP contribution in [0, 0.1) is 0 Å². The zero-order valence-corrected chi connectivity index (χ0v) is 2.70. The Bertz CT molecular complexity index is 14.4. The molecule has 0 rings (SSSR count). The summed E-state index contributed by atoms with van der Waals surface area (Å²) in [6.07, 6.45) is 0.833. The topological polar surface area (TPSA) is 26.0 Å². The van der Waals surface area contributed by atoms with Crippen molar-refractivity contribution in [3.8, 4) is 0 Å². The fraction of sp³-hybridized carbons (Fsp3) is 1.00. The molecule has 0 aromatic heterocycles. The molecule has 0 aliphatic heterocycles. The second-order valence-corrected chi connectivity index (χ2v) is 0.642. The van der Waals surface area contributed by atoms with Crippen LogP contribution in [0.1, 0.15) is 14.7 Å². The summed E-state index contributed by atoms with van der Waals surface area (Å²) in [5, 5.41) is 0. The van der Waals surface area contributed by atoms with E-state index in [0.717, 1.165) is 6.42 Å². The van der Waals surface area contributed by atoms with Crippen LogP contribution in [-0.4, -0.2) is 6.54 Å². The zero-order chi connectivity index (χ0) is 4.12. The summed E-state index contributed by atoms with van der Waals surface area (Å²) in [5.41, 5.74) is 5.02. The second kappa shape index (κ2) is 2.96. The van der Waals surface area contributed by atoms with E-state index in [1.54, 1.807) is 0 Å². The van der Waals surface area contributed by atoms with E-state index in [1.165, 1.54) is 0 Å². The van der Waals surface area contributed by atoms with Crippen LogP contribution in [-0.2, 0) is 0 Å². The van der Waals surface area contributed by atoms with Crippen LogP contribution in [0.25, 0.3) is 0 Å². The van der Waals surface area contributed by atoms with E-state index in [4.69, 9.17) is 7.10 Å². The molecule has 1 nitrogen and oxygen atoms in total. The van der Waals surface area contributed by atoms with Gasteiger partial charge in [-0.2, -0.15) is 0 Å². The lowest BCUT2D eigenvalue weighted by molar-refractivity contribution is 0.932. The first kappa shape index (κ1) is 2.21. The van der Waals surface area contributed by atoms with Gasteiger partial charge in [-0.15, -0.1) is 0 Å². The molecule has 0 saturated carbocycles. The molecular weight excluding hydrogens is 50.0 g/mol. The first-order valence-corrected chi connectivity index (χ1v) is 1.41. The van der Waals surface area contributed by atoms with Crippen LogP contribution in [0.15, 0.2) is 0 Å². The summed E-state index contributed by atoms with van der Waals surface area (Å²) in [5.74, 6) is 0. The summed E-state index contributed by atoms with van der Waals surface area (Å²) in [6.45, 7) is 1.12. The quantitative estimate of drug-likeness (QED) is 0.464. The van der Waals surface area contributed by atoms with Crippen LogP contribution in [0.5, 0.6) is 0 Å². The summed E-state index contributed by atoms with van der Waals surface area (Å²) in [4.78, 5) is 0. The van der Waals surface area contributed by atoms with Gasteiger partial charge in [-0.05, 0) is 13.0 Å². The molecule has 1 heteroatoms. The van der Waals surface area contributed by atoms with Gasteiger partial charge in [0.15, 0.2) is 0 Å². The van der Waals surface area contributed by atoms with Gasteiger partial charge in [0.25, 0.3) is 0 Å². The molecule has 4 heavy (non-hydrogen) atoms. The van der Waals surface area contributed by atoms with Crippen molar-refractivity contribution in [1.82, 2.24) is 0 Å². The van der Waals surface area contributed by atoms with Crippen LogP contribution in [0.3, 0.4) is 0 Å². The van der Waals surface area contributed by atoms with Crippen molar-refractivity contribution in [1.29, 1.82) is 0 Å². The van der Waals surface area contributed by atoms with Gasteiger partial charge in [0, 0.05) is 1.37 Å². The van der Waals surface area contributed by atoms with Crippen molar-refractivity contribution in [2.45, 2.75) is 13.3 Å². The largest absolute Gasteiger partial charge is 0.330 e. The maximum absolute atomic E-state index is 6.52. The molecule has 0 bridgehead atoms. The highest BCUT2D eigenvalue weighted by Gasteiger charge is 1.55. The molecule has 2 N–H and O–H groups in total. The molecule has 0 amide bonds. The lowest BCUT2D eigenvalue weighted by Crippen LogP contribution is -1.93. The molecule has 0 aliphatic carbocycles. The first-order chi connectivity index (χ1) is 2.41. The van der Waals surface area contributed by atoms with Crippen molar-refractivity contribution in [3.05, 3.63) is 0 Å². The highest BCUT2D eigenvalue weighted by molar-refractivity contribution is 4.19. The Morgan fingerprint density at radius 2 is 3.00 bits per heavy atom. The summed E-state index contributed by atoms with van der Waals surface area (Å²) < 4.78 is 6.52. The monoisotopic (exact) mass is 60.1 g/mol. The maximum Gasteiger partial charge on any atom is 0.0231 e. The number of nitrogens with two attached hydrogens (primary N) is 1. The van der Waals surface area contributed by atoms with Crippen LogP contribution < -0.4 is 5.73 Å². The lowest BCUT2D eigenvalue weighted by atomic mass is 10.5. The Kier molecular flexibility index (Phi) is 1.64. The predicted octanol–water partition coefficient (Wildman–Crippen LogP) is 0.355. The van der Waals surface area contributed by atoms with E-state index in [9.17, 15) is 0 Å². The molecule has 0 fully saturated rings. The van der Waals surface area contributed by atoms with Gasteiger partial charge in [0.1, 0.15) is 0 Å². The standard InChI is InChI=1S/C3H9N/c1-2-3-4/h2-4H2,1H3/i1D. The van der Waals surface area contributed by atoms with E-state index >= 15 is 0 Å². The second-order valence-electron chi connectivity index (χ2n) is 0.642. The van der Waals surface area contributed by atoms with Gasteiger partial charge in [0.2, 0.25) is 0 Å². The predicted molar refractivity (Wildman–Crippen MR) is 19.3 cm³/mol. The molecule has 0 heterocycles. The Hall–Kier alpha value is -0.0400. The summed E-state index contributed by atoms with van der Waals surface area (Å²) in [6, 6.07) is 0. The van der Waals surface area contributed by atoms with Crippen molar-refractivity contribution in [2.24, 2.45) is 5.73 Å². The molecule has 0 atom stereocenters. The molecule has 0 aliphatic rings. The fourth-order valence-electron chi connectivity index (χ4n) is 0. The van der Waals surface area contributed by atoms with Gasteiger partial charge >= 0.3 is 0 Å². The van der Waals surface area contributed by atoms with Crippen molar-refractivity contribution >= 4 is 0 Å². The van der Waals surface area contributed by atoms with Gasteiger partial charge in [-0.25, -0.2) is 0 Å². The molecule has 26 valence electrons. The molecule has 0 saturated heterocycles. The van der Waals surface area contributed by atoms with Gasteiger partial charge in [0.05, 0.1) is 0 Å². The lowest BCUT2D eigenvalue weighted by Gasteiger charge is -1.70. The van der Waals surface area contributed by atoms with E-state index in [2.05, 4.69) is 0 Å². The number of hydrogen-bond donors (Lipinski definition) is 1. The SMILES string of the molecule is [2H]CCCN. The Morgan fingerprint density at radius 1 is 2.25 bits per heavy atom. The van der Waals surface area contributed by atoms with Gasteiger partial charge < -0.3 is 5.73 Å². The Balaban J connectivity index is 2.19. The van der Waals surface area contributed by atoms with Crippen molar-refractivity contribution in [2.75, 3.05) is 6.54 Å². The van der Waals surface area contributed by atoms with Crippen LogP contribution in [0.4, 0.5) is 0 Å². The third-order valence-electron chi connectivity index (χ3n) is 0.204. The molecule has 0 unspecified atom stereocenters. The minimum absolute atomic E-state index is 0.469. The highest BCUT2D eigenvalue weighted by Crippen LogP contribution is 1.57. The smallest absolute Gasteiger partial charge is 0.0231 e. The Labute approximate surface area is 28.2 Å². The average molecular weight is 60.1 g/mol. The third kappa shape index (κ3) is 1.96.